The van der Waals surface area contributed by atoms with Gasteiger partial charge in [0.25, 0.3) is 5.91 Å². The first kappa shape index (κ1) is 17.1. The summed E-state index contributed by atoms with van der Waals surface area (Å²) >= 11 is 0. The molecule has 0 unspecified atom stereocenters. The molecule has 0 aliphatic rings. The lowest BCUT2D eigenvalue weighted by atomic mass is 10.2. The van der Waals surface area contributed by atoms with Gasteiger partial charge in [-0.3, -0.25) is 9.59 Å². The molecule has 0 saturated carbocycles. The fourth-order valence-corrected chi connectivity index (χ4v) is 1.79. The minimum Gasteiger partial charge on any atom is -0.350 e. The Bertz CT molecular complexity index is 492. The summed E-state index contributed by atoms with van der Waals surface area (Å²) in [6, 6.07) is 5.81. The Labute approximate surface area is 124 Å². The van der Waals surface area contributed by atoms with Crippen molar-refractivity contribution in [2.24, 2.45) is 0 Å². The van der Waals surface area contributed by atoms with E-state index in [2.05, 4.69) is 5.32 Å². The topological polar surface area (TPSA) is 52.7 Å². The SMILES string of the molecule is CC(=O)N(CCNC(=O)c1ccccc1F)CCN(C)C. The van der Waals surface area contributed by atoms with Gasteiger partial charge < -0.3 is 15.1 Å². The normalized spacial score (nSPS) is 10.5. The zero-order chi connectivity index (χ0) is 15.8. The number of halogens is 1. The van der Waals surface area contributed by atoms with Gasteiger partial charge in [-0.15, -0.1) is 0 Å². The molecular formula is C15H22FN3O2. The molecule has 0 heterocycles. The standard InChI is InChI=1S/C15H22FN3O2/c1-12(20)19(11-10-18(2)3)9-8-17-15(21)13-6-4-5-7-14(13)16/h4-7H,8-11H2,1-3H3,(H,17,21). The average molecular weight is 295 g/mol. The maximum atomic E-state index is 13.4. The van der Waals surface area contributed by atoms with Gasteiger partial charge in [0.05, 0.1) is 5.56 Å². The van der Waals surface area contributed by atoms with Gasteiger partial charge in [-0.05, 0) is 26.2 Å². The van der Waals surface area contributed by atoms with E-state index in [9.17, 15) is 14.0 Å². The van der Waals surface area contributed by atoms with E-state index in [4.69, 9.17) is 0 Å². The van der Waals surface area contributed by atoms with Crippen LogP contribution in [0.3, 0.4) is 0 Å². The molecule has 0 radical (unpaired) electrons. The van der Waals surface area contributed by atoms with Gasteiger partial charge in [0.15, 0.2) is 0 Å². The first-order valence-corrected chi connectivity index (χ1v) is 6.84. The summed E-state index contributed by atoms with van der Waals surface area (Å²) in [7, 11) is 3.86. The zero-order valence-corrected chi connectivity index (χ0v) is 12.7. The van der Waals surface area contributed by atoms with E-state index in [0.717, 1.165) is 6.54 Å². The molecule has 0 fully saturated rings. The Morgan fingerprint density at radius 3 is 2.38 bits per heavy atom. The van der Waals surface area contributed by atoms with Crippen molar-refractivity contribution in [1.82, 2.24) is 15.1 Å². The molecule has 0 saturated heterocycles. The maximum Gasteiger partial charge on any atom is 0.254 e. The monoisotopic (exact) mass is 295 g/mol. The van der Waals surface area contributed by atoms with E-state index in [1.807, 2.05) is 19.0 Å². The number of benzene rings is 1. The fraction of sp³-hybridized carbons (Fsp3) is 0.467. The highest BCUT2D eigenvalue weighted by Crippen LogP contribution is 2.05. The Morgan fingerprint density at radius 1 is 1.14 bits per heavy atom. The predicted molar refractivity (Wildman–Crippen MR) is 79.5 cm³/mol. The number of hydrogen-bond acceptors (Lipinski definition) is 3. The van der Waals surface area contributed by atoms with Crippen LogP contribution in [0.15, 0.2) is 24.3 Å². The van der Waals surface area contributed by atoms with Crippen molar-refractivity contribution in [2.75, 3.05) is 40.3 Å². The molecule has 6 heteroatoms. The number of nitrogens with zero attached hydrogens (tertiary/aromatic N) is 2. The van der Waals surface area contributed by atoms with E-state index in [-0.39, 0.29) is 11.5 Å². The highest BCUT2D eigenvalue weighted by molar-refractivity contribution is 5.94. The average Bonchev–Trinajstić information content (AvgIpc) is 2.42. The van der Waals surface area contributed by atoms with Crippen molar-refractivity contribution in [3.05, 3.63) is 35.6 Å². The molecule has 21 heavy (non-hydrogen) atoms. The van der Waals surface area contributed by atoms with Crippen molar-refractivity contribution in [3.8, 4) is 0 Å². The summed E-state index contributed by atoms with van der Waals surface area (Å²) in [4.78, 5) is 26.9. The minimum absolute atomic E-state index is 0.0140. The van der Waals surface area contributed by atoms with Crippen LogP contribution in [0.4, 0.5) is 4.39 Å². The maximum absolute atomic E-state index is 13.4. The molecule has 0 aromatic heterocycles. The van der Waals surface area contributed by atoms with Crippen LogP contribution in [0.5, 0.6) is 0 Å². The number of carbonyl (C=O) groups is 2. The molecule has 0 atom stereocenters. The Balaban J connectivity index is 2.45. The van der Waals surface area contributed by atoms with Crippen molar-refractivity contribution >= 4 is 11.8 Å². The van der Waals surface area contributed by atoms with Crippen LogP contribution in [0.2, 0.25) is 0 Å². The highest BCUT2D eigenvalue weighted by atomic mass is 19.1. The molecule has 1 aromatic rings. The lowest BCUT2D eigenvalue weighted by Gasteiger charge is -2.23. The second-order valence-corrected chi connectivity index (χ2v) is 5.05. The molecule has 116 valence electrons. The van der Waals surface area contributed by atoms with E-state index in [1.54, 1.807) is 11.0 Å². The Kier molecular flexibility index (Phi) is 6.81. The van der Waals surface area contributed by atoms with Crippen LogP contribution in [-0.4, -0.2) is 61.9 Å². The summed E-state index contributed by atoms with van der Waals surface area (Å²) in [6.45, 7) is 3.54. The lowest BCUT2D eigenvalue weighted by molar-refractivity contribution is -0.128. The van der Waals surface area contributed by atoms with Crippen LogP contribution < -0.4 is 5.32 Å². The molecule has 0 spiro atoms. The van der Waals surface area contributed by atoms with Crippen LogP contribution in [0, 0.1) is 5.82 Å². The molecule has 1 N–H and O–H groups in total. The number of likely N-dealkylation sites (N-methyl/N-ethyl adjacent to an activating group) is 1. The first-order chi connectivity index (χ1) is 9.91. The van der Waals surface area contributed by atoms with Crippen molar-refractivity contribution in [3.63, 3.8) is 0 Å². The van der Waals surface area contributed by atoms with E-state index in [0.29, 0.717) is 19.6 Å². The lowest BCUT2D eigenvalue weighted by Crippen LogP contribution is -2.40. The van der Waals surface area contributed by atoms with Gasteiger partial charge >= 0.3 is 0 Å². The van der Waals surface area contributed by atoms with Crippen LogP contribution in [-0.2, 0) is 4.79 Å². The Hall–Kier alpha value is -1.95. The second-order valence-electron chi connectivity index (χ2n) is 5.05. The van der Waals surface area contributed by atoms with E-state index < -0.39 is 11.7 Å². The molecule has 0 aliphatic heterocycles. The van der Waals surface area contributed by atoms with Gasteiger partial charge in [0.2, 0.25) is 5.91 Å². The molecule has 5 nitrogen and oxygen atoms in total. The molecule has 2 amide bonds. The first-order valence-electron chi connectivity index (χ1n) is 6.84. The van der Waals surface area contributed by atoms with Crippen LogP contribution in [0.25, 0.3) is 0 Å². The Morgan fingerprint density at radius 2 is 1.81 bits per heavy atom. The van der Waals surface area contributed by atoms with Gasteiger partial charge in [0.1, 0.15) is 5.82 Å². The summed E-state index contributed by atoms with van der Waals surface area (Å²) in [5, 5.41) is 2.63. The van der Waals surface area contributed by atoms with Crippen molar-refractivity contribution < 1.29 is 14.0 Å². The molecule has 1 rings (SSSR count). The summed E-state index contributed by atoms with van der Waals surface area (Å²) in [6.07, 6.45) is 0. The number of carbonyl (C=O) groups excluding carboxylic acids is 2. The van der Waals surface area contributed by atoms with Gasteiger partial charge in [-0.25, -0.2) is 4.39 Å². The number of nitrogens with one attached hydrogen (secondary N) is 1. The number of amides is 2. The fourth-order valence-electron chi connectivity index (χ4n) is 1.79. The smallest absolute Gasteiger partial charge is 0.254 e. The second kappa shape index (κ2) is 8.36. The summed E-state index contributed by atoms with van der Waals surface area (Å²) in [5.74, 6) is -1.06. The number of rotatable bonds is 7. The third kappa shape index (κ3) is 5.91. The number of hydrogen-bond donors (Lipinski definition) is 1. The molecular weight excluding hydrogens is 273 g/mol. The van der Waals surface area contributed by atoms with Gasteiger partial charge in [-0.2, -0.15) is 0 Å². The van der Waals surface area contributed by atoms with E-state index in [1.165, 1.54) is 25.1 Å². The molecule has 0 bridgehead atoms. The summed E-state index contributed by atoms with van der Waals surface area (Å²) < 4.78 is 13.4. The van der Waals surface area contributed by atoms with Crippen LogP contribution in [0.1, 0.15) is 17.3 Å². The van der Waals surface area contributed by atoms with Crippen molar-refractivity contribution in [1.29, 1.82) is 0 Å². The van der Waals surface area contributed by atoms with Gasteiger partial charge in [0, 0.05) is 33.1 Å². The van der Waals surface area contributed by atoms with Gasteiger partial charge in [-0.1, -0.05) is 12.1 Å². The third-order valence-corrected chi connectivity index (χ3v) is 3.05. The highest BCUT2D eigenvalue weighted by Gasteiger charge is 2.12. The van der Waals surface area contributed by atoms with Crippen molar-refractivity contribution in [2.45, 2.75) is 6.92 Å². The minimum atomic E-state index is -0.550. The quantitative estimate of drug-likeness (QED) is 0.815. The molecule has 1 aromatic carbocycles. The zero-order valence-electron chi connectivity index (χ0n) is 12.7. The van der Waals surface area contributed by atoms with E-state index >= 15 is 0 Å². The van der Waals surface area contributed by atoms with Crippen LogP contribution >= 0.6 is 0 Å². The largest absolute Gasteiger partial charge is 0.350 e. The summed E-state index contributed by atoms with van der Waals surface area (Å²) in [5.41, 5.74) is 0.0140. The third-order valence-electron chi connectivity index (χ3n) is 3.05. The molecule has 0 aliphatic carbocycles. The predicted octanol–water partition coefficient (Wildman–Crippen LogP) is 0.966.